The SMILES string of the molecule is C[C@H](N)c1nc(CSc2cccc(Cl)c2)no1. The van der Waals surface area contributed by atoms with Crippen molar-refractivity contribution >= 4 is 23.4 Å². The van der Waals surface area contributed by atoms with Crippen molar-refractivity contribution in [3.63, 3.8) is 0 Å². The molecule has 0 aliphatic carbocycles. The van der Waals surface area contributed by atoms with Crippen LogP contribution in [0.1, 0.15) is 24.7 Å². The second-order valence-corrected chi connectivity index (χ2v) is 5.07. The van der Waals surface area contributed by atoms with Crippen LogP contribution < -0.4 is 5.73 Å². The second-order valence-electron chi connectivity index (χ2n) is 3.58. The molecular weight excluding hydrogens is 258 g/mol. The molecular formula is C11H12ClN3OS. The minimum absolute atomic E-state index is 0.229. The highest BCUT2D eigenvalue weighted by atomic mass is 35.5. The molecule has 0 saturated carbocycles. The van der Waals surface area contributed by atoms with Gasteiger partial charge in [-0.1, -0.05) is 22.8 Å². The third-order valence-corrected chi connectivity index (χ3v) is 3.26. The number of benzene rings is 1. The quantitative estimate of drug-likeness (QED) is 0.865. The van der Waals surface area contributed by atoms with Crippen LogP contribution in [-0.4, -0.2) is 10.1 Å². The van der Waals surface area contributed by atoms with E-state index in [1.165, 1.54) is 0 Å². The predicted octanol–water partition coefficient (Wildman–Crippen LogP) is 3.04. The van der Waals surface area contributed by atoms with E-state index in [4.69, 9.17) is 21.9 Å². The van der Waals surface area contributed by atoms with Crippen LogP contribution in [0.4, 0.5) is 0 Å². The molecule has 6 heteroatoms. The number of halogens is 1. The van der Waals surface area contributed by atoms with E-state index in [0.29, 0.717) is 17.5 Å². The van der Waals surface area contributed by atoms with E-state index in [2.05, 4.69) is 10.1 Å². The summed E-state index contributed by atoms with van der Waals surface area (Å²) < 4.78 is 5.01. The van der Waals surface area contributed by atoms with Crippen LogP contribution in [0.15, 0.2) is 33.7 Å². The van der Waals surface area contributed by atoms with Gasteiger partial charge in [0.1, 0.15) is 0 Å². The maximum absolute atomic E-state index is 5.89. The summed E-state index contributed by atoms with van der Waals surface area (Å²) in [5.74, 6) is 1.74. The van der Waals surface area contributed by atoms with Gasteiger partial charge in [0.25, 0.3) is 0 Å². The normalized spacial score (nSPS) is 12.6. The third-order valence-electron chi connectivity index (χ3n) is 2.04. The summed E-state index contributed by atoms with van der Waals surface area (Å²) in [4.78, 5) is 5.26. The monoisotopic (exact) mass is 269 g/mol. The summed E-state index contributed by atoms with van der Waals surface area (Å²) in [6.45, 7) is 1.81. The van der Waals surface area contributed by atoms with E-state index in [0.717, 1.165) is 9.92 Å². The third kappa shape index (κ3) is 3.46. The molecule has 0 aliphatic heterocycles. The first kappa shape index (κ1) is 12.4. The molecule has 0 spiro atoms. The van der Waals surface area contributed by atoms with E-state index in [1.807, 2.05) is 24.3 Å². The lowest BCUT2D eigenvalue weighted by Gasteiger charge is -1.98. The van der Waals surface area contributed by atoms with Crippen molar-refractivity contribution < 1.29 is 4.52 Å². The minimum Gasteiger partial charge on any atom is -0.338 e. The van der Waals surface area contributed by atoms with Gasteiger partial charge in [-0.05, 0) is 25.1 Å². The Balaban J connectivity index is 1.97. The van der Waals surface area contributed by atoms with Crippen molar-refractivity contribution in [3.05, 3.63) is 41.0 Å². The Kier molecular flexibility index (Phi) is 4.04. The van der Waals surface area contributed by atoms with Crippen molar-refractivity contribution in [1.29, 1.82) is 0 Å². The Bertz CT molecular complexity index is 501. The van der Waals surface area contributed by atoms with Crippen LogP contribution in [0.3, 0.4) is 0 Å². The largest absolute Gasteiger partial charge is 0.338 e. The fraction of sp³-hybridized carbons (Fsp3) is 0.273. The highest BCUT2D eigenvalue weighted by Gasteiger charge is 2.10. The highest BCUT2D eigenvalue weighted by molar-refractivity contribution is 7.98. The molecule has 4 nitrogen and oxygen atoms in total. The summed E-state index contributed by atoms with van der Waals surface area (Å²) in [5.41, 5.74) is 5.63. The standard InChI is InChI=1S/C11H12ClN3OS/c1-7(13)11-14-10(15-16-11)6-17-9-4-2-3-8(12)5-9/h2-5,7H,6,13H2,1H3/t7-/m0/s1. The van der Waals surface area contributed by atoms with Crippen LogP contribution in [0.5, 0.6) is 0 Å². The zero-order valence-electron chi connectivity index (χ0n) is 9.26. The smallest absolute Gasteiger partial charge is 0.243 e. The first-order chi connectivity index (χ1) is 8.15. The number of thioether (sulfide) groups is 1. The molecule has 1 aromatic carbocycles. The van der Waals surface area contributed by atoms with Crippen molar-refractivity contribution in [2.24, 2.45) is 5.73 Å². The van der Waals surface area contributed by atoms with Crippen molar-refractivity contribution in [2.45, 2.75) is 23.6 Å². The molecule has 2 aromatic rings. The first-order valence-electron chi connectivity index (χ1n) is 5.11. The van der Waals surface area contributed by atoms with Crippen LogP contribution in [-0.2, 0) is 5.75 Å². The molecule has 0 bridgehead atoms. The van der Waals surface area contributed by atoms with Crippen LogP contribution in [0.25, 0.3) is 0 Å². The van der Waals surface area contributed by atoms with Crippen molar-refractivity contribution in [3.8, 4) is 0 Å². The maximum Gasteiger partial charge on any atom is 0.243 e. The van der Waals surface area contributed by atoms with E-state index in [-0.39, 0.29) is 6.04 Å². The fourth-order valence-corrected chi connectivity index (χ4v) is 2.27. The lowest BCUT2D eigenvalue weighted by Crippen LogP contribution is -2.05. The molecule has 1 aromatic heterocycles. The lowest BCUT2D eigenvalue weighted by molar-refractivity contribution is 0.358. The molecule has 1 atom stereocenters. The molecule has 0 aliphatic rings. The molecule has 0 saturated heterocycles. The highest BCUT2D eigenvalue weighted by Crippen LogP contribution is 2.24. The topological polar surface area (TPSA) is 64.9 Å². The molecule has 0 unspecified atom stereocenters. The van der Waals surface area contributed by atoms with Gasteiger partial charge in [-0.2, -0.15) is 4.98 Å². The van der Waals surface area contributed by atoms with Crippen molar-refractivity contribution in [2.75, 3.05) is 0 Å². The molecule has 90 valence electrons. The summed E-state index contributed by atoms with van der Waals surface area (Å²) >= 11 is 7.50. The maximum atomic E-state index is 5.89. The molecule has 1 heterocycles. The summed E-state index contributed by atoms with van der Waals surface area (Å²) in [5, 5.41) is 4.58. The van der Waals surface area contributed by atoms with Gasteiger partial charge in [-0.15, -0.1) is 11.8 Å². The Morgan fingerprint density at radius 1 is 1.53 bits per heavy atom. The Morgan fingerprint density at radius 3 is 3.00 bits per heavy atom. The number of rotatable bonds is 4. The molecule has 0 radical (unpaired) electrons. The fourth-order valence-electron chi connectivity index (χ4n) is 1.22. The number of hydrogen-bond donors (Lipinski definition) is 1. The Labute approximate surface area is 109 Å². The average Bonchev–Trinajstić information content (AvgIpc) is 2.75. The van der Waals surface area contributed by atoms with Gasteiger partial charge in [0, 0.05) is 9.92 Å². The first-order valence-corrected chi connectivity index (χ1v) is 6.48. The van der Waals surface area contributed by atoms with Gasteiger partial charge in [-0.3, -0.25) is 0 Å². The van der Waals surface area contributed by atoms with Gasteiger partial charge >= 0.3 is 0 Å². The van der Waals surface area contributed by atoms with Crippen LogP contribution >= 0.6 is 23.4 Å². The molecule has 17 heavy (non-hydrogen) atoms. The van der Waals surface area contributed by atoms with E-state index in [1.54, 1.807) is 18.7 Å². The lowest BCUT2D eigenvalue weighted by atomic mass is 10.4. The molecule has 2 N–H and O–H groups in total. The van der Waals surface area contributed by atoms with Crippen LogP contribution in [0.2, 0.25) is 5.02 Å². The number of nitrogens with two attached hydrogens (primary N) is 1. The van der Waals surface area contributed by atoms with Gasteiger partial charge in [0.05, 0.1) is 11.8 Å². The minimum atomic E-state index is -0.229. The molecule has 0 fully saturated rings. The van der Waals surface area contributed by atoms with E-state index >= 15 is 0 Å². The second kappa shape index (κ2) is 5.53. The average molecular weight is 270 g/mol. The Morgan fingerprint density at radius 2 is 2.35 bits per heavy atom. The van der Waals surface area contributed by atoms with Crippen LogP contribution in [0, 0.1) is 0 Å². The van der Waals surface area contributed by atoms with Crippen molar-refractivity contribution in [1.82, 2.24) is 10.1 Å². The predicted molar refractivity (Wildman–Crippen MR) is 67.9 cm³/mol. The summed E-state index contributed by atoms with van der Waals surface area (Å²) in [6, 6.07) is 7.41. The van der Waals surface area contributed by atoms with Gasteiger partial charge in [-0.25, -0.2) is 0 Å². The number of hydrogen-bond acceptors (Lipinski definition) is 5. The zero-order chi connectivity index (χ0) is 12.3. The number of nitrogens with zero attached hydrogens (tertiary/aromatic N) is 2. The number of aromatic nitrogens is 2. The van der Waals surface area contributed by atoms with Gasteiger partial charge < -0.3 is 10.3 Å². The van der Waals surface area contributed by atoms with E-state index in [9.17, 15) is 0 Å². The molecule has 2 rings (SSSR count). The Hall–Kier alpha value is -1.04. The van der Waals surface area contributed by atoms with E-state index < -0.39 is 0 Å². The van der Waals surface area contributed by atoms with Gasteiger partial charge in [0.15, 0.2) is 5.82 Å². The summed E-state index contributed by atoms with van der Waals surface area (Å²) in [6.07, 6.45) is 0. The molecule has 0 amide bonds. The van der Waals surface area contributed by atoms with Gasteiger partial charge in [0.2, 0.25) is 5.89 Å². The summed E-state index contributed by atoms with van der Waals surface area (Å²) in [7, 11) is 0. The zero-order valence-corrected chi connectivity index (χ0v) is 10.8.